The molecule has 4 heteroatoms. The monoisotopic (exact) mass is 243 g/mol. The van der Waals surface area contributed by atoms with Crippen LogP contribution in [0.2, 0.25) is 0 Å². The predicted octanol–water partition coefficient (Wildman–Crippen LogP) is 1.69. The van der Waals surface area contributed by atoms with Gasteiger partial charge in [0.05, 0.1) is 17.4 Å². The van der Waals surface area contributed by atoms with Crippen molar-refractivity contribution >= 4 is 17.7 Å². The lowest BCUT2D eigenvalue weighted by atomic mass is 9.92. The molecule has 0 aromatic heterocycles. The van der Waals surface area contributed by atoms with Crippen LogP contribution in [0.15, 0.2) is 0 Å². The average molecular weight is 243 g/mol. The normalized spacial score (nSPS) is 35.7. The minimum Gasteiger partial charge on any atom is -0.391 e. The van der Waals surface area contributed by atoms with Crippen LogP contribution in [0, 0.1) is 0 Å². The minimum absolute atomic E-state index is 0.00350. The molecule has 1 aliphatic heterocycles. The Morgan fingerprint density at radius 1 is 1.12 bits per heavy atom. The van der Waals surface area contributed by atoms with Crippen LogP contribution in [0.3, 0.4) is 0 Å². The number of carbonyl (C=O) groups is 1. The van der Waals surface area contributed by atoms with Gasteiger partial charge in [-0.1, -0.05) is 19.3 Å². The zero-order valence-corrected chi connectivity index (χ0v) is 10.5. The first-order valence-corrected chi connectivity index (χ1v) is 7.42. The van der Waals surface area contributed by atoms with Crippen LogP contribution in [0.5, 0.6) is 0 Å². The van der Waals surface area contributed by atoms with Gasteiger partial charge in [0.25, 0.3) is 0 Å². The van der Waals surface area contributed by atoms with Gasteiger partial charge in [-0.3, -0.25) is 4.79 Å². The highest BCUT2D eigenvalue weighted by Gasteiger charge is 2.28. The molecular weight excluding hydrogens is 222 g/mol. The Morgan fingerprint density at radius 3 is 2.56 bits per heavy atom. The van der Waals surface area contributed by atoms with E-state index in [2.05, 4.69) is 5.32 Å². The van der Waals surface area contributed by atoms with Gasteiger partial charge >= 0.3 is 0 Å². The minimum atomic E-state index is -0.328. The van der Waals surface area contributed by atoms with E-state index in [9.17, 15) is 9.90 Å². The number of nitrogens with one attached hydrogen (secondary N) is 1. The molecule has 1 heterocycles. The van der Waals surface area contributed by atoms with Gasteiger partial charge < -0.3 is 10.4 Å². The molecule has 1 amide bonds. The van der Waals surface area contributed by atoms with Crippen LogP contribution < -0.4 is 5.32 Å². The number of aliphatic hydroxyl groups excluding tert-OH is 1. The van der Waals surface area contributed by atoms with E-state index in [-0.39, 0.29) is 23.3 Å². The SMILES string of the molecule is O=C(N[C@@H]1CCCC[C@H]1O)C1CCCCS1. The van der Waals surface area contributed by atoms with Gasteiger partial charge in [-0.15, -0.1) is 11.8 Å². The fourth-order valence-electron chi connectivity index (χ4n) is 2.50. The molecule has 2 aliphatic rings. The molecule has 2 N–H and O–H groups in total. The van der Waals surface area contributed by atoms with Gasteiger partial charge in [0.1, 0.15) is 0 Å². The molecule has 0 bridgehead atoms. The van der Waals surface area contributed by atoms with Crippen molar-refractivity contribution in [2.45, 2.75) is 62.3 Å². The lowest BCUT2D eigenvalue weighted by Crippen LogP contribution is -2.48. The summed E-state index contributed by atoms with van der Waals surface area (Å²) in [5.74, 6) is 1.25. The number of hydrogen-bond acceptors (Lipinski definition) is 3. The number of thioether (sulfide) groups is 1. The third kappa shape index (κ3) is 3.14. The molecule has 0 radical (unpaired) electrons. The van der Waals surface area contributed by atoms with Crippen LogP contribution in [0.1, 0.15) is 44.9 Å². The molecular formula is C12H21NO2S. The lowest BCUT2D eigenvalue weighted by molar-refractivity contribution is -0.122. The molecule has 1 aliphatic carbocycles. The van der Waals surface area contributed by atoms with Crippen LogP contribution in [0.25, 0.3) is 0 Å². The molecule has 0 aromatic carbocycles. The molecule has 16 heavy (non-hydrogen) atoms. The maximum atomic E-state index is 12.0. The van der Waals surface area contributed by atoms with E-state index in [0.717, 1.165) is 44.3 Å². The number of rotatable bonds is 2. The molecule has 2 rings (SSSR count). The summed E-state index contributed by atoms with van der Waals surface area (Å²) in [7, 11) is 0. The molecule has 3 atom stereocenters. The van der Waals surface area contributed by atoms with Crippen molar-refractivity contribution in [1.29, 1.82) is 0 Å². The van der Waals surface area contributed by atoms with E-state index in [1.807, 2.05) is 0 Å². The zero-order chi connectivity index (χ0) is 11.4. The Morgan fingerprint density at radius 2 is 1.88 bits per heavy atom. The fraction of sp³-hybridized carbons (Fsp3) is 0.917. The summed E-state index contributed by atoms with van der Waals surface area (Å²) in [5, 5.41) is 13.0. The van der Waals surface area contributed by atoms with E-state index in [4.69, 9.17) is 0 Å². The summed E-state index contributed by atoms with van der Waals surface area (Å²) >= 11 is 1.77. The molecule has 2 fully saturated rings. The Balaban J connectivity index is 1.80. The van der Waals surface area contributed by atoms with Gasteiger partial charge in [-0.25, -0.2) is 0 Å². The maximum absolute atomic E-state index is 12.0. The summed E-state index contributed by atoms with van der Waals surface area (Å²) in [4.78, 5) is 12.0. The van der Waals surface area contributed by atoms with Crippen LogP contribution in [0.4, 0.5) is 0 Å². The lowest BCUT2D eigenvalue weighted by Gasteiger charge is -2.30. The summed E-state index contributed by atoms with van der Waals surface area (Å²) in [6.07, 6.45) is 7.06. The number of amides is 1. The van der Waals surface area contributed by atoms with Crippen molar-refractivity contribution in [3.63, 3.8) is 0 Å². The third-order valence-electron chi connectivity index (χ3n) is 3.53. The van der Waals surface area contributed by atoms with Gasteiger partial charge in [0.15, 0.2) is 0 Å². The summed E-state index contributed by atoms with van der Waals surface area (Å²) in [5.41, 5.74) is 0. The van der Waals surface area contributed by atoms with Gasteiger partial charge in [0.2, 0.25) is 5.91 Å². The highest BCUT2D eigenvalue weighted by molar-refractivity contribution is 8.00. The van der Waals surface area contributed by atoms with Crippen molar-refractivity contribution in [2.75, 3.05) is 5.75 Å². The highest BCUT2D eigenvalue weighted by atomic mass is 32.2. The molecule has 1 unspecified atom stereocenters. The van der Waals surface area contributed by atoms with Crippen LogP contribution in [-0.4, -0.2) is 34.2 Å². The largest absolute Gasteiger partial charge is 0.391 e. The van der Waals surface area contributed by atoms with Gasteiger partial charge in [-0.2, -0.15) is 0 Å². The first-order valence-electron chi connectivity index (χ1n) is 6.37. The van der Waals surface area contributed by atoms with Crippen LogP contribution in [-0.2, 0) is 4.79 Å². The first kappa shape index (κ1) is 12.2. The predicted molar refractivity (Wildman–Crippen MR) is 66.5 cm³/mol. The number of hydrogen-bond donors (Lipinski definition) is 2. The van der Waals surface area contributed by atoms with E-state index in [1.54, 1.807) is 11.8 Å². The molecule has 3 nitrogen and oxygen atoms in total. The fourth-order valence-corrected chi connectivity index (χ4v) is 3.71. The maximum Gasteiger partial charge on any atom is 0.233 e. The Labute approximate surface area is 101 Å². The van der Waals surface area contributed by atoms with Crippen molar-refractivity contribution < 1.29 is 9.90 Å². The summed E-state index contributed by atoms with van der Waals surface area (Å²) < 4.78 is 0. The summed E-state index contributed by atoms with van der Waals surface area (Å²) in [6.45, 7) is 0. The van der Waals surface area contributed by atoms with E-state index < -0.39 is 0 Å². The average Bonchev–Trinajstić information content (AvgIpc) is 2.33. The molecule has 0 aromatic rings. The summed E-state index contributed by atoms with van der Waals surface area (Å²) in [6, 6.07) is 0.00350. The van der Waals surface area contributed by atoms with Gasteiger partial charge in [-0.05, 0) is 31.4 Å². The topological polar surface area (TPSA) is 49.3 Å². The molecule has 1 saturated carbocycles. The zero-order valence-electron chi connectivity index (χ0n) is 9.65. The molecule has 1 saturated heterocycles. The van der Waals surface area contributed by atoms with Crippen molar-refractivity contribution in [3.05, 3.63) is 0 Å². The second kappa shape index (κ2) is 5.92. The van der Waals surface area contributed by atoms with E-state index >= 15 is 0 Å². The smallest absolute Gasteiger partial charge is 0.233 e. The van der Waals surface area contributed by atoms with E-state index in [0.29, 0.717) is 0 Å². The Hall–Kier alpha value is -0.220. The Bertz CT molecular complexity index is 241. The molecule has 0 spiro atoms. The second-order valence-corrected chi connectivity index (χ2v) is 6.13. The number of carbonyl (C=O) groups excluding carboxylic acids is 1. The Kier molecular flexibility index (Phi) is 4.53. The standard InChI is InChI=1S/C12H21NO2S/c14-10-6-2-1-5-9(10)13-12(15)11-7-3-4-8-16-11/h9-11,14H,1-8H2,(H,13,15)/t9-,10-,11?/m1/s1. The molecule has 92 valence electrons. The van der Waals surface area contributed by atoms with Crippen LogP contribution >= 0.6 is 11.8 Å². The van der Waals surface area contributed by atoms with Crippen molar-refractivity contribution in [1.82, 2.24) is 5.32 Å². The highest BCUT2D eigenvalue weighted by Crippen LogP contribution is 2.26. The van der Waals surface area contributed by atoms with Crippen molar-refractivity contribution in [3.8, 4) is 0 Å². The van der Waals surface area contributed by atoms with Gasteiger partial charge in [0, 0.05) is 0 Å². The second-order valence-electron chi connectivity index (χ2n) is 4.82. The van der Waals surface area contributed by atoms with Crippen molar-refractivity contribution in [2.24, 2.45) is 0 Å². The third-order valence-corrected chi connectivity index (χ3v) is 4.91. The number of aliphatic hydroxyl groups is 1. The quantitative estimate of drug-likeness (QED) is 0.776. The van der Waals surface area contributed by atoms with E-state index in [1.165, 1.54) is 6.42 Å². The first-order chi connectivity index (χ1) is 7.77.